The van der Waals surface area contributed by atoms with Crippen LogP contribution in [0, 0.1) is 0 Å². The van der Waals surface area contributed by atoms with Crippen molar-refractivity contribution in [3.05, 3.63) is 12.2 Å². The second kappa shape index (κ2) is 10.0. The highest BCUT2D eigenvalue weighted by Crippen LogP contribution is 2.41. The highest BCUT2D eigenvalue weighted by Gasteiger charge is 2.64. The summed E-state index contributed by atoms with van der Waals surface area (Å²) in [5.74, 6) is -5.69. The molecule has 0 amide bonds. The molecule has 0 aromatic heterocycles. The highest BCUT2D eigenvalue weighted by molar-refractivity contribution is 7.87. The zero-order valence-corrected chi connectivity index (χ0v) is 14.3. The lowest BCUT2D eigenvalue weighted by Crippen LogP contribution is -2.46. The van der Waals surface area contributed by atoms with Crippen LogP contribution in [-0.4, -0.2) is 56.7 Å². The number of esters is 1. The smallest absolute Gasteiger partial charge is 0.431 e. The first kappa shape index (κ1) is 23.8. The largest absolute Gasteiger partial charge is 0.435 e. The third-order valence-electron chi connectivity index (χ3n) is 2.82. The maximum atomic E-state index is 13.2. The molecular formula is C13H20F4O7S. The quantitative estimate of drug-likeness (QED) is 0.127. The van der Waals surface area contributed by atoms with Crippen LogP contribution in [0.5, 0.6) is 0 Å². The molecule has 0 aliphatic heterocycles. The number of alkyl halides is 4. The van der Waals surface area contributed by atoms with Gasteiger partial charge in [-0.3, -0.25) is 4.55 Å². The fraction of sp³-hybridized carbons (Fsp3) is 0.769. The van der Waals surface area contributed by atoms with E-state index in [1.165, 1.54) is 0 Å². The molecule has 12 heteroatoms. The molecule has 0 heterocycles. The van der Waals surface area contributed by atoms with Gasteiger partial charge in [0.15, 0.2) is 6.79 Å². The summed E-state index contributed by atoms with van der Waals surface area (Å²) in [6.45, 7) is 4.74. The fourth-order valence-electron chi connectivity index (χ4n) is 1.42. The van der Waals surface area contributed by atoms with Gasteiger partial charge in [-0.15, -0.1) is 0 Å². The van der Waals surface area contributed by atoms with Crippen molar-refractivity contribution in [3.8, 4) is 0 Å². The first-order valence-electron chi connectivity index (χ1n) is 7.10. The highest BCUT2D eigenvalue weighted by atomic mass is 32.2. The summed E-state index contributed by atoms with van der Waals surface area (Å²) in [7, 11) is -6.23. The molecule has 0 bridgehead atoms. The molecule has 25 heavy (non-hydrogen) atoms. The Morgan fingerprint density at radius 2 is 1.76 bits per heavy atom. The van der Waals surface area contributed by atoms with Crippen LogP contribution in [0.2, 0.25) is 0 Å². The van der Waals surface area contributed by atoms with E-state index in [1.807, 2.05) is 0 Å². The number of halogens is 4. The van der Waals surface area contributed by atoms with Crippen molar-refractivity contribution in [2.75, 3.05) is 26.6 Å². The summed E-state index contributed by atoms with van der Waals surface area (Å²) in [5.41, 5.74) is -0.0528. The monoisotopic (exact) mass is 396 g/mol. The van der Waals surface area contributed by atoms with E-state index in [2.05, 4.69) is 11.3 Å². The van der Waals surface area contributed by atoms with Crippen LogP contribution in [0.1, 0.15) is 26.2 Å². The normalized spacial score (nSPS) is 12.9. The van der Waals surface area contributed by atoms with E-state index >= 15 is 0 Å². The minimum atomic E-state index is -6.23. The molecule has 0 rings (SSSR count). The van der Waals surface area contributed by atoms with Crippen LogP contribution >= 0.6 is 0 Å². The minimum absolute atomic E-state index is 0.0528. The molecule has 0 aliphatic rings. The fourth-order valence-corrected chi connectivity index (χ4v) is 1.90. The third kappa shape index (κ3) is 7.67. The number of unbranched alkanes of at least 4 members (excludes halogenated alkanes) is 1. The average Bonchev–Trinajstić information content (AvgIpc) is 2.49. The Kier molecular flexibility index (Phi) is 9.54. The number of ether oxygens (including phenoxy) is 3. The van der Waals surface area contributed by atoms with Crippen molar-refractivity contribution in [3.63, 3.8) is 0 Å². The second-order valence-corrected chi connectivity index (χ2v) is 6.31. The van der Waals surface area contributed by atoms with Crippen molar-refractivity contribution < 1.29 is 49.5 Å². The Morgan fingerprint density at radius 3 is 2.28 bits per heavy atom. The predicted molar refractivity (Wildman–Crippen MR) is 77.8 cm³/mol. The number of carbonyl (C=O) groups excluding carboxylic acids is 1. The molecule has 0 aromatic rings. The number of hydrogen-bond donors (Lipinski definition) is 1. The SMILES string of the molecule is C=C(COCCCCC(F)(F)C(F)(F)S(=O)(=O)O)C(=O)OCOCC. The third-order valence-corrected chi connectivity index (χ3v) is 3.77. The summed E-state index contributed by atoms with van der Waals surface area (Å²) in [6.07, 6.45) is -2.09. The zero-order valence-electron chi connectivity index (χ0n) is 13.5. The molecule has 0 spiro atoms. The maximum absolute atomic E-state index is 13.2. The standard InChI is InChI=1S/C13H20F4O7S/c1-3-22-9-24-11(18)10(2)8-23-7-5-4-6-12(14,15)13(16,17)25(19,20)21/h2-9H2,1H3,(H,19,20,21). The van der Waals surface area contributed by atoms with E-state index < -0.39 is 40.1 Å². The van der Waals surface area contributed by atoms with E-state index in [0.29, 0.717) is 6.61 Å². The van der Waals surface area contributed by atoms with Gasteiger partial charge in [0.1, 0.15) is 0 Å². The van der Waals surface area contributed by atoms with Gasteiger partial charge in [-0.1, -0.05) is 6.58 Å². The number of rotatable bonds is 13. The van der Waals surface area contributed by atoms with Gasteiger partial charge in [-0.25, -0.2) is 4.79 Å². The van der Waals surface area contributed by atoms with Crippen LogP contribution < -0.4 is 0 Å². The van der Waals surface area contributed by atoms with E-state index in [1.54, 1.807) is 6.92 Å². The van der Waals surface area contributed by atoms with Crippen LogP contribution in [-0.2, 0) is 29.1 Å². The van der Waals surface area contributed by atoms with Crippen molar-refractivity contribution in [1.82, 2.24) is 0 Å². The average molecular weight is 396 g/mol. The van der Waals surface area contributed by atoms with Crippen LogP contribution in [0.4, 0.5) is 17.6 Å². The first-order chi connectivity index (χ1) is 11.4. The lowest BCUT2D eigenvalue weighted by Gasteiger charge is -2.23. The second-order valence-electron chi connectivity index (χ2n) is 4.85. The van der Waals surface area contributed by atoms with Gasteiger partial charge in [0, 0.05) is 19.6 Å². The van der Waals surface area contributed by atoms with E-state index in [0.717, 1.165) is 0 Å². The van der Waals surface area contributed by atoms with Gasteiger partial charge >= 0.3 is 27.3 Å². The van der Waals surface area contributed by atoms with Crippen molar-refractivity contribution in [2.45, 2.75) is 37.4 Å². The molecule has 0 saturated carbocycles. The Morgan fingerprint density at radius 1 is 1.16 bits per heavy atom. The molecule has 7 nitrogen and oxygen atoms in total. The first-order valence-corrected chi connectivity index (χ1v) is 8.54. The van der Waals surface area contributed by atoms with Gasteiger partial charge in [-0.05, 0) is 19.8 Å². The Bertz CT molecular complexity index is 549. The lowest BCUT2D eigenvalue weighted by molar-refractivity contribution is -0.165. The van der Waals surface area contributed by atoms with Crippen LogP contribution in [0.3, 0.4) is 0 Å². The summed E-state index contributed by atoms with van der Waals surface area (Å²) in [4.78, 5) is 11.3. The molecule has 0 aromatic carbocycles. The van der Waals surface area contributed by atoms with Gasteiger partial charge in [0.2, 0.25) is 0 Å². The number of carbonyl (C=O) groups is 1. The Hall–Kier alpha value is -1.24. The van der Waals surface area contributed by atoms with Gasteiger partial charge in [-0.2, -0.15) is 26.0 Å². The molecule has 0 aliphatic carbocycles. The summed E-state index contributed by atoms with van der Waals surface area (Å²) in [6, 6.07) is 0. The van der Waals surface area contributed by atoms with Crippen molar-refractivity contribution >= 4 is 16.1 Å². The van der Waals surface area contributed by atoms with Gasteiger partial charge in [0.05, 0.1) is 12.2 Å². The minimum Gasteiger partial charge on any atom is -0.435 e. The maximum Gasteiger partial charge on any atom is 0.431 e. The zero-order chi connectivity index (χ0) is 19.7. The summed E-state index contributed by atoms with van der Waals surface area (Å²) < 4.78 is 95.3. The molecule has 0 saturated heterocycles. The molecule has 0 radical (unpaired) electrons. The molecular weight excluding hydrogens is 376 g/mol. The molecule has 0 fully saturated rings. The topological polar surface area (TPSA) is 99.1 Å². The van der Waals surface area contributed by atoms with Crippen molar-refractivity contribution in [1.29, 1.82) is 0 Å². The van der Waals surface area contributed by atoms with Crippen LogP contribution in [0.15, 0.2) is 12.2 Å². The number of hydrogen-bond acceptors (Lipinski definition) is 6. The lowest BCUT2D eigenvalue weighted by atomic mass is 10.1. The van der Waals surface area contributed by atoms with E-state index in [-0.39, 0.29) is 32.0 Å². The van der Waals surface area contributed by atoms with E-state index in [9.17, 15) is 30.8 Å². The van der Waals surface area contributed by atoms with Crippen molar-refractivity contribution in [2.24, 2.45) is 0 Å². The Labute approximate surface area is 142 Å². The predicted octanol–water partition coefficient (Wildman–Crippen LogP) is 2.38. The molecule has 148 valence electrons. The van der Waals surface area contributed by atoms with Crippen LogP contribution in [0.25, 0.3) is 0 Å². The molecule has 0 unspecified atom stereocenters. The molecule has 1 N–H and O–H groups in total. The van der Waals surface area contributed by atoms with Gasteiger partial charge < -0.3 is 14.2 Å². The summed E-state index contributed by atoms with van der Waals surface area (Å²) >= 11 is 0. The summed E-state index contributed by atoms with van der Waals surface area (Å²) in [5, 5.41) is -5.57. The molecule has 0 atom stereocenters. The Balaban J connectivity index is 4.07. The van der Waals surface area contributed by atoms with Gasteiger partial charge in [0.25, 0.3) is 0 Å². The van der Waals surface area contributed by atoms with E-state index in [4.69, 9.17) is 14.0 Å².